The van der Waals surface area contributed by atoms with Crippen LogP contribution in [0.3, 0.4) is 0 Å². The fraction of sp³-hybridized carbons (Fsp3) is 0.333. The van der Waals surface area contributed by atoms with Gasteiger partial charge >= 0.3 is 0 Å². The summed E-state index contributed by atoms with van der Waals surface area (Å²) in [5, 5.41) is 1.31. The second-order valence-electron chi connectivity index (χ2n) is 3.78. The van der Waals surface area contributed by atoms with Gasteiger partial charge in [-0.05, 0) is 37.6 Å². The maximum atomic E-state index is 5.53. The molecule has 0 aliphatic rings. The molecule has 2 aromatic rings. The average Bonchev–Trinajstić information content (AvgIpc) is 2.54. The van der Waals surface area contributed by atoms with E-state index in [9.17, 15) is 0 Å². The van der Waals surface area contributed by atoms with Gasteiger partial charge in [0.05, 0.1) is 0 Å². The summed E-state index contributed by atoms with van der Waals surface area (Å²) in [5.41, 5.74) is 8.14. The highest BCUT2D eigenvalue weighted by Gasteiger charge is 2.07. The topological polar surface area (TPSA) is 30.9 Å². The van der Waals surface area contributed by atoms with Gasteiger partial charge in [0.25, 0.3) is 0 Å². The first-order valence-electron chi connectivity index (χ1n) is 5.18. The maximum Gasteiger partial charge on any atom is 0.0494 e. The highest BCUT2D eigenvalue weighted by molar-refractivity contribution is 9.10. The monoisotopic (exact) mass is 266 g/mol. The van der Waals surface area contributed by atoms with Crippen LogP contribution in [0.2, 0.25) is 0 Å². The first-order chi connectivity index (χ1) is 7.24. The molecule has 2 nitrogen and oxygen atoms in total. The largest absolute Gasteiger partial charge is 0.347 e. The second-order valence-corrected chi connectivity index (χ2v) is 4.64. The van der Waals surface area contributed by atoms with Crippen molar-refractivity contribution >= 4 is 26.8 Å². The molecule has 80 valence electrons. The molecule has 0 amide bonds. The Morgan fingerprint density at radius 1 is 1.40 bits per heavy atom. The minimum absolute atomic E-state index is 0.743. The van der Waals surface area contributed by atoms with E-state index in [1.807, 2.05) is 0 Å². The van der Waals surface area contributed by atoms with Crippen LogP contribution in [0.5, 0.6) is 0 Å². The quantitative estimate of drug-likeness (QED) is 0.910. The Bertz CT molecular complexity index is 474. The molecule has 15 heavy (non-hydrogen) atoms. The third-order valence-electron chi connectivity index (χ3n) is 2.65. The maximum absolute atomic E-state index is 5.53. The number of hydrogen-bond acceptors (Lipinski definition) is 1. The molecule has 0 fully saturated rings. The molecule has 2 rings (SSSR count). The molecule has 0 atom stereocenters. The standard InChI is InChI=1S/C12H15BrN2/c1-9-8-15(7-3-6-14)11-5-2-4-10(13)12(9)11/h2,4-5,8H,3,6-7,14H2,1H3. The minimum atomic E-state index is 0.743. The summed E-state index contributed by atoms with van der Waals surface area (Å²) in [4.78, 5) is 0. The number of hydrogen-bond donors (Lipinski definition) is 1. The van der Waals surface area contributed by atoms with Crippen molar-refractivity contribution in [2.24, 2.45) is 5.73 Å². The van der Waals surface area contributed by atoms with E-state index in [1.165, 1.54) is 20.9 Å². The Morgan fingerprint density at radius 2 is 2.20 bits per heavy atom. The molecule has 0 aliphatic heterocycles. The van der Waals surface area contributed by atoms with E-state index in [0.29, 0.717) is 0 Å². The molecule has 3 heteroatoms. The third kappa shape index (κ3) is 1.94. The number of nitrogens with two attached hydrogens (primary N) is 1. The van der Waals surface area contributed by atoms with Crippen molar-refractivity contribution in [1.82, 2.24) is 4.57 Å². The van der Waals surface area contributed by atoms with Gasteiger partial charge in [-0.1, -0.05) is 22.0 Å². The summed E-state index contributed by atoms with van der Waals surface area (Å²) in [6, 6.07) is 6.32. The van der Waals surface area contributed by atoms with Crippen LogP contribution in [0.25, 0.3) is 10.9 Å². The van der Waals surface area contributed by atoms with Gasteiger partial charge in [-0.25, -0.2) is 0 Å². The van der Waals surface area contributed by atoms with Crippen molar-refractivity contribution in [3.8, 4) is 0 Å². The predicted molar refractivity (Wildman–Crippen MR) is 68.0 cm³/mol. The van der Waals surface area contributed by atoms with Gasteiger partial charge in [-0.2, -0.15) is 0 Å². The van der Waals surface area contributed by atoms with E-state index in [1.54, 1.807) is 0 Å². The van der Waals surface area contributed by atoms with Gasteiger partial charge in [-0.15, -0.1) is 0 Å². The molecule has 0 saturated carbocycles. The summed E-state index contributed by atoms with van der Waals surface area (Å²) in [7, 11) is 0. The molecule has 0 spiro atoms. The van der Waals surface area contributed by atoms with Gasteiger partial charge in [-0.3, -0.25) is 0 Å². The molecule has 1 aromatic carbocycles. The van der Waals surface area contributed by atoms with Gasteiger partial charge in [0, 0.05) is 28.1 Å². The fourth-order valence-electron chi connectivity index (χ4n) is 1.96. The smallest absolute Gasteiger partial charge is 0.0494 e. The normalized spacial score (nSPS) is 11.1. The van der Waals surface area contributed by atoms with Gasteiger partial charge < -0.3 is 10.3 Å². The van der Waals surface area contributed by atoms with Crippen LogP contribution in [0.1, 0.15) is 12.0 Å². The minimum Gasteiger partial charge on any atom is -0.347 e. The summed E-state index contributed by atoms with van der Waals surface area (Å²) in [6.45, 7) is 3.88. The van der Waals surface area contributed by atoms with Crippen molar-refractivity contribution in [3.63, 3.8) is 0 Å². The van der Waals surface area contributed by atoms with Crippen LogP contribution >= 0.6 is 15.9 Å². The lowest BCUT2D eigenvalue weighted by atomic mass is 10.2. The van der Waals surface area contributed by atoms with Gasteiger partial charge in [0.1, 0.15) is 0 Å². The lowest BCUT2D eigenvalue weighted by Gasteiger charge is -2.03. The number of rotatable bonds is 3. The second kappa shape index (κ2) is 4.37. The fourth-order valence-corrected chi connectivity index (χ4v) is 2.63. The van der Waals surface area contributed by atoms with Crippen LogP contribution in [-0.4, -0.2) is 11.1 Å². The Morgan fingerprint density at radius 3 is 2.93 bits per heavy atom. The lowest BCUT2D eigenvalue weighted by molar-refractivity contribution is 0.670. The molecular weight excluding hydrogens is 252 g/mol. The number of nitrogens with zero attached hydrogens (tertiary/aromatic N) is 1. The van der Waals surface area contributed by atoms with E-state index in [2.05, 4.69) is 51.8 Å². The Hall–Kier alpha value is -0.800. The van der Waals surface area contributed by atoms with Crippen molar-refractivity contribution in [2.45, 2.75) is 19.9 Å². The molecule has 1 aromatic heterocycles. The van der Waals surface area contributed by atoms with Crippen molar-refractivity contribution in [2.75, 3.05) is 6.54 Å². The van der Waals surface area contributed by atoms with Gasteiger partial charge in [0.15, 0.2) is 0 Å². The van der Waals surface area contributed by atoms with Crippen LogP contribution in [0.15, 0.2) is 28.9 Å². The zero-order valence-electron chi connectivity index (χ0n) is 8.83. The van der Waals surface area contributed by atoms with Crippen LogP contribution in [-0.2, 0) is 6.54 Å². The number of benzene rings is 1. The molecule has 2 N–H and O–H groups in total. The zero-order valence-corrected chi connectivity index (χ0v) is 10.4. The Balaban J connectivity index is 2.53. The number of fused-ring (bicyclic) bond motifs is 1. The average molecular weight is 267 g/mol. The van der Waals surface area contributed by atoms with Crippen molar-refractivity contribution in [3.05, 3.63) is 34.4 Å². The third-order valence-corrected chi connectivity index (χ3v) is 3.31. The van der Waals surface area contributed by atoms with E-state index in [0.717, 1.165) is 19.5 Å². The van der Waals surface area contributed by atoms with E-state index in [-0.39, 0.29) is 0 Å². The van der Waals surface area contributed by atoms with Crippen LogP contribution in [0, 0.1) is 6.92 Å². The zero-order chi connectivity index (χ0) is 10.8. The van der Waals surface area contributed by atoms with Gasteiger partial charge in [0.2, 0.25) is 0 Å². The number of aromatic nitrogens is 1. The first kappa shape index (κ1) is 10.7. The molecule has 0 radical (unpaired) electrons. The van der Waals surface area contributed by atoms with E-state index >= 15 is 0 Å². The molecule has 0 aliphatic carbocycles. The molecule has 0 unspecified atom stereocenters. The summed E-state index contributed by atoms with van der Waals surface area (Å²) >= 11 is 3.59. The Labute approximate surface area is 98.2 Å². The van der Waals surface area contributed by atoms with E-state index in [4.69, 9.17) is 5.73 Å². The highest BCUT2D eigenvalue weighted by Crippen LogP contribution is 2.28. The molecular formula is C12H15BrN2. The Kier molecular flexibility index (Phi) is 3.12. The predicted octanol–water partition coefficient (Wildman–Crippen LogP) is 3.06. The summed E-state index contributed by atoms with van der Waals surface area (Å²) < 4.78 is 3.45. The van der Waals surface area contributed by atoms with E-state index < -0.39 is 0 Å². The lowest BCUT2D eigenvalue weighted by Crippen LogP contribution is -2.04. The van der Waals surface area contributed by atoms with Crippen molar-refractivity contribution < 1.29 is 0 Å². The van der Waals surface area contributed by atoms with Crippen LogP contribution < -0.4 is 5.73 Å². The molecule has 1 heterocycles. The number of aryl methyl sites for hydroxylation is 2. The summed E-state index contributed by atoms with van der Waals surface area (Å²) in [5.74, 6) is 0. The first-order valence-corrected chi connectivity index (χ1v) is 5.97. The highest BCUT2D eigenvalue weighted by atomic mass is 79.9. The molecule has 0 saturated heterocycles. The summed E-state index contributed by atoms with van der Waals surface area (Å²) in [6.07, 6.45) is 3.22. The SMILES string of the molecule is Cc1cn(CCCN)c2cccc(Br)c12. The van der Waals surface area contributed by atoms with Crippen LogP contribution in [0.4, 0.5) is 0 Å². The molecule has 0 bridgehead atoms. The number of halogens is 1. The van der Waals surface area contributed by atoms with Crippen molar-refractivity contribution in [1.29, 1.82) is 0 Å².